The SMILES string of the molecule is [2H]C([2H])([2H])NC(=O)c1cnc(NC(=O)C2CC2)cc1Nc1ccc2cnn(CC(=O)OC)c2c1OC. The fourth-order valence-electron chi connectivity index (χ4n) is 3.35. The van der Waals surface area contributed by atoms with E-state index in [0.29, 0.717) is 22.3 Å². The molecule has 3 N–H and O–H groups in total. The molecular formula is C22H24N6O5. The molecule has 1 aliphatic rings. The van der Waals surface area contributed by atoms with Crippen LogP contribution >= 0.6 is 0 Å². The van der Waals surface area contributed by atoms with Gasteiger partial charge in [0.2, 0.25) is 5.91 Å². The van der Waals surface area contributed by atoms with Crippen molar-refractivity contribution >= 4 is 45.9 Å². The smallest absolute Gasteiger partial charge is 0.327 e. The van der Waals surface area contributed by atoms with Crippen LogP contribution in [0, 0.1) is 5.92 Å². The van der Waals surface area contributed by atoms with E-state index in [1.165, 1.54) is 31.2 Å². The molecule has 1 fully saturated rings. The van der Waals surface area contributed by atoms with E-state index in [1.54, 1.807) is 18.3 Å². The molecule has 0 atom stereocenters. The van der Waals surface area contributed by atoms with Crippen molar-refractivity contribution in [2.75, 3.05) is 31.8 Å². The van der Waals surface area contributed by atoms with Crippen LogP contribution in [0.15, 0.2) is 30.6 Å². The Hall–Kier alpha value is -4.15. The number of benzene rings is 1. The summed E-state index contributed by atoms with van der Waals surface area (Å²) in [5, 5.41) is 12.6. The molecule has 1 aromatic carbocycles. The van der Waals surface area contributed by atoms with Gasteiger partial charge in [-0.25, -0.2) is 9.67 Å². The van der Waals surface area contributed by atoms with E-state index in [1.807, 2.05) is 5.32 Å². The minimum atomic E-state index is -2.72. The molecule has 11 heteroatoms. The van der Waals surface area contributed by atoms with Crippen LogP contribution in [0.4, 0.5) is 17.2 Å². The Morgan fingerprint density at radius 2 is 2.03 bits per heavy atom. The van der Waals surface area contributed by atoms with Gasteiger partial charge in [0, 0.05) is 34.7 Å². The van der Waals surface area contributed by atoms with Gasteiger partial charge in [-0.2, -0.15) is 5.10 Å². The van der Waals surface area contributed by atoms with Gasteiger partial charge in [0.15, 0.2) is 5.75 Å². The van der Waals surface area contributed by atoms with Crippen LogP contribution in [0.25, 0.3) is 10.9 Å². The summed E-state index contributed by atoms with van der Waals surface area (Å²) in [5.74, 6) is -1.14. The van der Waals surface area contributed by atoms with Gasteiger partial charge in [-0.1, -0.05) is 0 Å². The maximum absolute atomic E-state index is 12.7. The molecule has 2 aromatic heterocycles. The molecule has 11 nitrogen and oxygen atoms in total. The number of hydrogen-bond acceptors (Lipinski definition) is 8. The number of amides is 2. The van der Waals surface area contributed by atoms with Crippen molar-refractivity contribution in [3.05, 3.63) is 36.2 Å². The average Bonchev–Trinajstić information content (AvgIpc) is 3.60. The summed E-state index contributed by atoms with van der Waals surface area (Å²) in [7, 11) is 2.71. The fourth-order valence-corrected chi connectivity index (χ4v) is 3.35. The van der Waals surface area contributed by atoms with Gasteiger partial charge >= 0.3 is 5.97 Å². The summed E-state index contributed by atoms with van der Waals surface area (Å²) in [6.07, 6.45) is 4.34. The Kier molecular flexibility index (Phi) is 5.11. The first-order chi connectivity index (χ1) is 17.1. The summed E-state index contributed by atoms with van der Waals surface area (Å²) in [5.41, 5.74) is 0.998. The van der Waals surface area contributed by atoms with Gasteiger partial charge in [0.1, 0.15) is 17.9 Å². The van der Waals surface area contributed by atoms with Gasteiger partial charge < -0.3 is 25.4 Å². The maximum Gasteiger partial charge on any atom is 0.327 e. The van der Waals surface area contributed by atoms with Crippen LogP contribution in [0.3, 0.4) is 0 Å². The number of rotatable bonds is 8. The lowest BCUT2D eigenvalue weighted by molar-refractivity contribution is -0.141. The Bertz CT molecular complexity index is 1340. The van der Waals surface area contributed by atoms with E-state index in [2.05, 4.69) is 20.7 Å². The lowest BCUT2D eigenvalue weighted by atomic mass is 10.1. The number of carbonyl (C=O) groups excluding carboxylic acids is 3. The highest BCUT2D eigenvalue weighted by Gasteiger charge is 2.30. The lowest BCUT2D eigenvalue weighted by Crippen LogP contribution is -2.20. The lowest BCUT2D eigenvalue weighted by Gasteiger charge is -2.16. The standard InChI is InChI=1S/C22H24N6O5/c1-23-22(31)14-10-24-17(27-21(30)12-4-5-12)8-16(14)26-15-7-6-13-9-25-28(11-18(29)32-2)19(13)20(15)33-3/h6-10,12H,4-5,11H2,1-3H3,(H,23,31)(H2,24,26,27,30)/i1D3. The highest BCUT2D eigenvalue weighted by atomic mass is 16.5. The molecule has 1 saturated carbocycles. The van der Waals surface area contributed by atoms with Gasteiger partial charge in [0.05, 0.1) is 37.4 Å². The predicted molar refractivity (Wildman–Crippen MR) is 121 cm³/mol. The van der Waals surface area contributed by atoms with Crippen LogP contribution in [0.2, 0.25) is 0 Å². The predicted octanol–water partition coefficient (Wildman–Crippen LogP) is 2.06. The number of nitrogens with one attached hydrogen (secondary N) is 3. The van der Waals surface area contributed by atoms with E-state index in [9.17, 15) is 14.4 Å². The molecule has 0 spiro atoms. The fraction of sp³-hybridized carbons (Fsp3) is 0.318. The summed E-state index contributed by atoms with van der Waals surface area (Å²) >= 11 is 0. The third kappa shape index (κ3) is 4.56. The van der Waals surface area contributed by atoms with Gasteiger partial charge in [0.25, 0.3) is 5.91 Å². The molecule has 0 radical (unpaired) electrons. The third-order valence-electron chi connectivity index (χ3n) is 5.20. The second-order valence-corrected chi connectivity index (χ2v) is 7.42. The number of carbonyl (C=O) groups is 3. The summed E-state index contributed by atoms with van der Waals surface area (Å²) in [4.78, 5) is 40.9. The van der Waals surface area contributed by atoms with E-state index in [0.717, 1.165) is 12.8 Å². The first kappa shape index (κ1) is 18.4. The number of fused-ring (bicyclic) bond motifs is 1. The topological polar surface area (TPSA) is 136 Å². The van der Waals surface area contributed by atoms with Crippen molar-refractivity contribution in [2.24, 2.45) is 5.92 Å². The molecular weight excluding hydrogens is 428 g/mol. The monoisotopic (exact) mass is 455 g/mol. The summed E-state index contributed by atoms with van der Waals surface area (Å²) in [6, 6.07) is 4.85. The van der Waals surface area contributed by atoms with Crippen LogP contribution in [-0.2, 0) is 20.9 Å². The van der Waals surface area contributed by atoms with Crippen molar-refractivity contribution in [1.29, 1.82) is 0 Å². The largest absolute Gasteiger partial charge is 0.492 e. The van der Waals surface area contributed by atoms with E-state index in [4.69, 9.17) is 13.6 Å². The number of nitrogens with zero attached hydrogens (tertiary/aromatic N) is 3. The van der Waals surface area contributed by atoms with Crippen molar-refractivity contribution in [3.63, 3.8) is 0 Å². The van der Waals surface area contributed by atoms with Crippen LogP contribution in [-0.4, -0.2) is 53.7 Å². The third-order valence-corrected chi connectivity index (χ3v) is 5.20. The second kappa shape index (κ2) is 9.15. The number of pyridine rings is 1. The van der Waals surface area contributed by atoms with Crippen LogP contribution in [0.5, 0.6) is 5.75 Å². The Morgan fingerprint density at radius 3 is 2.73 bits per heavy atom. The van der Waals surface area contributed by atoms with Crippen molar-refractivity contribution in [3.8, 4) is 5.75 Å². The number of methoxy groups -OCH3 is 2. The average molecular weight is 455 g/mol. The van der Waals surface area contributed by atoms with Crippen molar-refractivity contribution in [1.82, 2.24) is 20.1 Å². The zero-order valence-corrected chi connectivity index (χ0v) is 18.0. The summed E-state index contributed by atoms with van der Waals surface area (Å²) < 4.78 is 33.8. The van der Waals surface area contributed by atoms with Crippen molar-refractivity contribution in [2.45, 2.75) is 19.4 Å². The van der Waals surface area contributed by atoms with E-state index < -0.39 is 18.9 Å². The minimum absolute atomic E-state index is 0.0687. The summed E-state index contributed by atoms with van der Waals surface area (Å²) in [6.45, 7) is -2.87. The zero-order valence-electron chi connectivity index (χ0n) is 21.0. The van der Waals surface area contributed by atoms with Gasteiger partial charge in [-0.15, -0.1) is 0 Å². The normalized spacial score (nSPS) is 14.5. The second-order valence-electron chi connectivity index (χ2n) is 7.42. The Labute approximate surface area is 193 Å². The molecule has 1 aliphatic carbocycles. The number of esters is 1. The van der Waals surface area contributed by atoms with Crippen LogP contribution in [0.1, 0.15) is 27.3 Å². The molecule has 2 heterocycles. The Morgan fingerprint density at radius 1 is 1.21 bits per heavy atom. The highest BCUT2D eigenvalue weighted by molar-refractivity contribution is 6.02. The molecule has 0 aliphatic heterocycles. The Balaban J connectivity index is 1.75. The van der Waals surface area contributed by atoms with Crippen molar-refractivity contribution < 1.29 is 28.0 Å². The number of aromatic nitrogens is 3. The quantitative estimate of drug-likeness (QED) is 0.439. The molecule has 2 amide bonds. The number of ether oxygens (including phenoxy) is 2. The number of anilines is 3. The molecule has 0 saturated heterocycles. The van der Waals surface area contributed by atoms with E-state index >= 15 is 0 Å². The molecule has 0 unspecified atom stereocenters. The van der Waals surface area contributed by atoms with Crippen LogP contribution < -0.4 is 20.7 Å². The first-order valence-corrected chi connectivity index (χ1v) is 10.1. The molecule has 4 rings (SSSR count). The molecule has 33 heavy (non-hydrogen) atoms. The minimum Gasteiger partial charge on any atom is -0.492 e. The molecule has 0 bridgehead atoms. The zero-order chi connectivity index (χ0) is 26.0. The van der Waals surface area contributed by atoms with Gasteiger partial charge in [-0.3, -0.25) is 14.4 Å². The number of hydrogen-bond donors (Lipinski definition) is 3. The molecule has 3 aromatic rings. The molecule has 172 valence electrons. The first-order valence-electron chi connectivity index (χ1n) is 11.6. The highest BCUT2D eigenvalue weighted by Crippen LogP contribution is 2.37. The maximum atomic E-state index is 12.7. The van der Waals surface area contributed by atoms with E-state index in [-0.39, 0.29) is 35.4 Å². The van der Waals surface area contributed by atoms with Gasteiger partial charge in [-0.05, 0) is 25.0 Å².